The molecule has 0 spiro atoms. The van der Waals surface area contributed by atoms with Crippen LogP contribution in [0.2, 0.25) is 0 Å². The number of benzene rings is 1. The average Bonchev–Trinajstić information content (AvgIpc) is 2.51. The Hall–Kier alpha value is -2.83. The minimum absolute atomic E-state index is 0.393. The van der Waals surface area contributed by atoms with Crippen LogP contribution in [0.15, 0.2) is 23.0 Å². The molecule has 7 heteroatoms. The highest BCUT2D eigenvalue weighted by Crippen LogP contribution is 2.28. The van der Waals surface area contributed by atoms with Crippen molar-refractivity contribution in [1.29, 1.82) is 0 Å². The third-order valence-electron chi connectivity index (χ3n) is 3.73. The number of aromatic nitrogens is 1. The molecule has 23 heavy (non-hydrogen) atoms. The molecular weight excluding hydrogens is 300 g/mol. The number of methoxy groups -OCH3 is 1. The lowest BCUT2D eigenvalue weighted by Crippen LogP contribution is -2.41. The first-order valence-corrected chi connectivity index (χ1v) is 6.99. The minimum Gasteiger partial charge on any atom is -0.506 e. The van der Waals surface area contributed by atoms with Crippen molar-refractivity contribution < 1.29 is 19.4 Å². The third-order valence-corrected chi connectivity index (χ3v) is 3.73. The Balaban J connectivity index is 2.62. The molecule has 0 saturated heterocycles. The van der Waals surface area contributed by atoms with Crippen LogP contribution < -0.4 is 10.9 Å². The maximum atomic E-state index is 12.4. The van der Waals surface area contributed by atoms with Crippen LogP contribution in [0.3, 0.4) is 0 Å². The number of pyridine rings is 1. The van der Waals surface area contributed by atoms with Gasteiger partial charge in [0.25, 0.3) is 11.5 Å². The highest BCUT2D eigenvalue weighted by atomic mass is 16.5. The number of amides is 1. The molecule has 0 aliphatic heterocycles. The number of hydrogen-bond donors (Lipinski definition) is 2. The van der Waals surface area contributed by atoms with E-state index in [1.54, 1.807) is 25.1 Å². The monoisotopic (exact) mass is 318 g/mol. The second kappa shape index (κ2) is 6.12. The van der Waals surface area contributed by atoms with Crippen LogP contribution in [0.1, 0.15) is 22.8 Å². The second-order valence-corrected chi connectivity index (χ2v) is 5.28. The fraction of sp³-hybridized carbons (Fsp3) is 0.312. The van der Waals surface area contributed by atoms with E-state index < -0.39 is 34.8 Å². The maximum absolute atomic E-state index is 12.4. The van der Waals surface area contributed by atoms with Crippen LogP contribution >= 0.6 is 0 Å². The number of rotatable bonds is 3. The molecule has 1 aromatic heterocycles. The highest BCUT2D eigenvalue weighted by Gasteiger charge is 2.25. The largest absolute Gasteiger partial charge is 0.506 e. The summed E-state index contributed by atoms with van der Waals surface area (Å²) in [6.45, 7) is 3.20. The summed E-state index contributed by atoms with van der Waals surface area (Å²) in [6, 6.07) is 4.27. The molecule has 122 valence electrons. The van der Waals surface area contributed by atoms with Gasteiger partial charge in [-0.25, -0.2) is 4.79 Å². The predicted molar refractivity (Wildman–Crippen MR) is 84.5 cm³/mol. The standard InChI is InChI=1S/C16H18N2O5/c1-8-6-5-7-10-11(8)13(19)12(15(21)18(10)3)14(20)17-9(2)16(22)23-4/h5-7,9,19H,1-4H3,(H,17,20)/t9-/m0/s1. The minimum atomic E-state index is -0.941. The zero-order chi connectivity index (χ0) is 17.3. The summed E-state index contributed by atoms with van der Waals surface area (Å²) in [4.78, 5) is 36.1. The first-order chi connectivity index (χ1) is 10.8. The SMILES string of the molecule is COC(=O)[C@H](C)NC(=O)c1c(O)c2c(C)cccc2n(C)c1=O. The number of aromatic hydroxyl groups is 1. The Morgan fingerprint density at radius 2 is 2.00 bits per heavy atom. The summed E-state index contributed by atoms with van der Waals surface area (Å²) in [5.74, 6) is -1.87. The van der Waals surface area contributed by atoms with Gasteiger partial charge < -0.3 is 19.7 Å². The van der Waals surface area contributed by atoms with Crippen LogP contribution in [-0.2, 0) is 16.6 Å². The Labute approximate surface area is 132 Å². The molecule has 1 amide bonds. The summed E-state index contributed by atoms with van der Waals surface area (Å²) in [5.41, 5.74) is 0.205. The van der Waals surface area contributed by atoms with Gasteiger partial charge in [-0.1, -0.05) is 12.1 Å². The van der Waals surface area contributed by atoms with E-state index >= 15 is 0 Å². The molecule has 0 aliphatic rings. The van der Waals surface area contributed by atoms with Crippen molar-refractivity contribution in [3.8, 4) is 5.75 Å². The molecule has 0 fully saturated rings. The van der Waals surface area contributed by atoms with E-state index in [0.717, 1.165) is 5.56 Å². The molecule has 2 N–H and O–H groups in total. The molecule has 0 saturated carbocycles. The second-order valence-electron chi connectivity index (χ2n) is 5.28. The summed E-state index contributed by atoms with van der Waals surface area (Å²) >= 11 is 0. The number of hydrogen-bond acceptors (Lipinski definition) is 5. The first-order valence-electron chi connectivity index (χ1n) is 6.99. The topological polar surface area (TPSA) is 97.6 Å². The molecule has 2 rings (SSSR count). The zero-order valence-electron chi connectivity index (χ0n) is 13.3. The maximum Gasteiger partial charge on any atom is 0.328 e. The van der Waals surface area contributed by atoms with Crippen molar-refractivity contribution in [2.24, 2.45) is 7.05 Å². The van der Waals surface area contributed by atoms with E-state index in [-0.39, 0.29) is 0 Å². The summed E-state index contributed by atoms with van der Waals surface area (Å²) in [7, 11) is 2.71. The van der Waals surface area contributed by atoms with Crippen molar-refractivity contribution in [1.82, 2.24) is 9.88 Å². The van der Waals surface area contributed by atoms with Gasteiger partial charge in [-0.2, -0.15) is 0 Å². The van der Waals surface area contributed by atoms with Gasteiger partial charge in [-0.15, -0.1) is 0 Å². The van der Waals surface area contributed by atoms with Crippen LogP contribution in [0, 0.1) is 6.92 Å². The van der Waals surface area contributed by atoms with E-state index in [4.69, 9.17) is 0 Å². The average molecular weight is 318 g/mol. The van der Waals surface area contributed by atoms with Crippen LogP contribution in [0.5, 0.6) is 5.75 Å². The van der Waals surface area contributed by atoms with Crippen LogP contribution in [0.4, 0.5) is 0 Å². The van der Waals surface area contributed by atoms with Crippen LogP contribution in [0.25, 0.3) is 10.9 Å². The van der Waals surface area contributed by atoms with Gasteiger partial charge in [0, 0.05) is 12.4 Å². The van der Waals surface area contributed by atoms with Gasteiger partial charge in [0.2, 0.25) is 0 Å². The fourth-order valence-corrected chi connectivity index (χ4v) is 2.45. The summed E-state index contributed by atoms with van der Waals surface area (Å²) in [5, 5.41) is 13.2. The Kier molecular flexibility index (Phi) is 4.40. The molecular formula is C16H18N2O5. The number of ether oxygens (including phenoxy) is 1. The number of aryl methyl sites for hydroxylation is 2. The molecule has 0 aliphatic carbocycles. The molecule has 0 bridgehead atoms. The van der Waals surface area contributed by atoms with E-state index in [2.05, 4.69) is 10.1 Å². The quantitative estimate of drug-likeness (QED) is 0.818. The summed E-state index contributed by atoms with van der Waals surface area (Å²) in [6.07, 6.45) is 0. The van der Waals surface area contributed by atoms with Gasteiger partial charge in [-0.3, -0.25) is 9.59 Å². The van der Waals surface area contributed by atoms with Gasteiger partial charge in [0.05, 0.1) is 12.6 Å². The lowest BCUT2D eigenvalue weighted by atomic mass is 10.0. The number of carbonyl (C=O) groups excluding carboxylic acids is 2. The summed E-state index contributed by atoms with van der Waals surface area (Å²) < 4.78 is 5.81. The fourth-order valence-electron chi connectivity index (χ4n) is 2.45. The molecule has 1 heterocycles. The number of nitrogens with one attached hydrogen (secondary N) is 1. The van der Waals surface area contributed by atoms with Gasteiger partial charge in [-0.05, 0) is 25.5 Å². The number of fused-ring (bicyclic) bond motifs is 1. The highest BCUT2D eigenvalue weighted by molar-refractivity contribution is 6.04. The lowest BCUT2D eigenvalue weighted by molar-refractivity contribution is -0.142. The molecule has 7 nitrogen and oxygen atoms in total. The zero-order valence-corrected chi connectivity index (χ0v) is 13.3. The van der Waals surface area contributed by atoms with Crippen molar-refractivity contribution in [2.45, 2.75) is 19.9 Å². The smallest absolute Gasteiger partial charge is 0.328 e. The van der Waals surface area contributed by atoms with Gasteiger partial charge in [0.1, 0.15) is 17.4 Å². The molecule has 0 radical (unpaired) electrons. The molecule has 1 atom stereocenters. The predicted octanol–water partition coefficient (Wildman–Crippen LogP) is 0.844. The first kappa shape index (κ1) is 16.5. The lowest BCUT2D eigenvalue weighted by Gasteiger charge is -2.15. The van der Waals surface area contributed by atoms with E-state index in [1.165, 1.54) is 25.6 Å². The molecule has 2 aromatic rings. The van der Waals surface area contributed by atoms with Gasteiger partial charge in [0.15, 0.2) is 0 Å². The van der Waals surface area contributed by atoms with Crippen molar-refractivity contribution in [2.75, 3.05) is 7.11 Å². The number of nitrogens with zero attached hydrogens (tertiary/aromatic N) is 1. The Morgan fingerprint density at radius 3 is 2.61 bits per heavy atom. The number of carbonyl (C=O) groups is 2. The number of esters is 1. The normalized spacial score (nSPS) is 12.0. The van der Waals surface area contributed by atoms with E-state index in [1.807, 2.05) is 0 Å². The van der Waals surface area contributed by atoms with Crippen molar-refractivity contribution in [3.05, 3.63) is 39.7 Å². The van der Waals surface area contributed by atoms with Crippen molar-refractivity contribution in [3.63, 3.8) is 0 Å². The van der Waals surface area contributed by atoms with E-state index in [9.17, 15) is 19.5 Å². The van der Waals surface area contributed by atoms with Gasteiger partial charge >= 0.3 is 5.97 Å². The Bertz CT molecular complexity index is 854. The third kappa shape index (κ3) is 2.77. The molecule has 1 aromatic carbocycles. The van der Waals surface area contributed by atoms with E-state index in [0.29, 0.717) is 10.9 Å². The van der Waals surface area contributed by atoms with Crippen LogP contribution in [-0.4, -0.2) is 34.7 Å². The molecule has 0 unspecified atom stereocenters. The van der Waals surface area contributed by atoms with Crippen molar-refractivity contribution >= 4 is 22.8 Å². The Morgan fingerprint density at radius 1 is 1.35 bits per heavy atom.